The van der Waals surface area contributed by atoms with E-state index in [-0.39, 0.29) is 22.9 Å². The van der Waals surface area contributed by atoms with Gasteiger partial charge in [-0.2, -0.15) is 0 Å². The summed E-state index contributed by atoms with van der Waals surface area (Å²) in [5.41, 5.74) is 2.73. The zero-order valence-corrected chi connectivity index (χ0v) is 25.4. The number of amides is 2. The topological polar surface area (TPSA) is 128 Å². The van der Waals surface area contributed by atoms with E-state index >= 15 is 0 Å². The number of aromatic nitrogens is 4. The quantitative estimate of drug-likeness (QED) is 0.132. The standard InChI is InChI=1S/C30H25ClN6O4S2/c1-3-41-29(40)24-18(2)25(27(39)33-21-7-5-4-6-8-21)43-28(24)34-23(38)17-42-30-36-35-26(19-13-15-32-16-14-19)37(30)22-11-9-20(31)10-12-22/h4-16H,3,17H2,1-2H3,(H,33,39)(H,34,38). The molecule has 5 aromatic rings. The first kappa shape index (κ1) is 30.0. The zero-order chi connectivity index (χ0) is 30.3. The van der Waals surface area contributed by atoms with Crippen LogP contribution < -0.4 is 10.6 Å². The molecule has 3 aromatic heterocycles. The van der Waals surface area contributed by atoms with Crippen LogP contribution in [0.3, 0.4) is 0 Å². The number of carbonyl (C=O) groups excluding carboxylic acids is 3. The van der Waals surface area contributed by atoms with Gasteiger partial charge < -0.3 is 15.4 Å². The van der Waals surface area contributed by atoms with Gasteiger partial charge in [0.25, 0.3) is 5.91 Å². The maximum Gasteiger partial charge on any atom is 0.341 e. The Hall–Kier alpha value is -4.52. The van der Waals surface area contributed by atoms with Crippen LogP contribution in [0, 0.1) is 6.92 Å². The van der Waals surface area contributed by atoms with Crippen molar-refractivity contribution in [2.75, 3.05) is 23.0 Å². The van der Waals surface area contributed by atoms with E-state index in [0.29, 0.717) is 32.1 Å². The third kappa shape index (κ3) is 6.94. The van der Waals surface area contributed by atoms with Gasteiger partial charge in [0, 0.05) is 34.4 Å². The second-order valence-corrected chi connectivity index (χ2v) is 11.4. The summed E-state index contributed by atoms with van der Waals surface area (Å²) in [5.74, 6) is -0.897. The molecule has 2 N–H and O–H groups in total. The molecule has 0 aliphatic rings. The van der Waals surface area contributed by atoms with Crippen molar-refractivity contribution in [1.82, 2.24) is 19.7 Å². The number of nitrogens with one attached hydrogen (secondary N) is 2. The highest BCUT2D eigenvalue weighted by atomic mass is 35.5. The molecule has 0 saturated carbocycles. The fraction of sp³-hybridized carbons (Fsp3) is 0.133. The van der Waals surface area contributed by atoms with E-state index in [2.05, 4.69) is 25.8 Å². The molecule has 0 unspecified atom stereocenters. The lowest BCUT2D eigenvalue weighted by Gasteiger charge is -2.11. The van der Waals surface area contributed by atoms with Crippen LogP contribution in [-0.4, -0.2) is 49.9 Å². The average Bonchev–Trinajstić information content (AvgIpc) is 3.58. The Morgan fingerprint density at radius 2 is 1.70 bits per heavy atom. The molecule has 5 rings (SSSR count). The van der Waals surface area contributed by atoms with Crippen molar-refractivity contribution >= 4 is 63.2 Å². The summed E-state index contributed by atoms with van der Waals surface area (Å²) in [4.78, 5) is 43.5. The molecule has 0 radical (unpaired) electrons. The van der Waals surface area contributed by atoms with E-state index in [1.165, 1.54) is 11.8 Å². The molecule has 2 aromatic carbocycles. The molecule has 10 nitrogen and oxygen atoms in total. The molecule has 0 atom stereocenters. The fourth-order valence-corrected chi connectivity index (χ4v) is 6.13. The van der Waals surface area contributed by atoms with E-state index in [1.54, 1.807) is 62.6 Å². The highest BCUT2D eigenvalue weighted by molar-refractivity contribution is 7.99. The molecule has 0 aliphatic heterocycles. The number of ether oxygens (including phenoxy) is 1. The SMILES string of the molecule is CCOC(=O)c1c(NC(=O)CSc2nnc(-c3ccncc3)n2-c2ccc(Cl)cc2)sc(C(=O)Nc2ccccc2)c1C. The number of carbonyl (C=O) groups is 3. The average molecular weight is 633 g/mol. The van der Waals surface area contributed by atoms with Crippen LogP contribution in [-0.2, 0) is 9.53 Å². The molecule has 0 bridgehead atoms. The third-order valence-corrected chi connectivity index (χ3v) is 8.49. The number of hydrogen-bond donors (Lipinski definition) is 2. The smallest absolute Gasteiger partial charge is 0.341 e. The van der Waals surface area contributed by atoms with Crippen LogP contribution in [0.25, 0.3) is 17.1 Å². The molecular weight excluding hydrogens is 608 g/mol. The summed E-state index contributed by atoms with van der Waals surface area (Å²) in [7, 11) is 0. The van der Waals surface area contributed by atoms with Crippen LogP contribution in [0.15, 0.2) is 84.3 Å². The minimum Gasteiger partial charge on any atom is -0.462 e. The first-order valence-electron chi connectivity index (χ1n) is 13.1. The molecule has 43 heavy (non-hydrogen) atoms. The van der Waals surface area contributed by atoms with Gasteiger partial charge >= 0.3 is 5.97 Å². The van der Waals surface area contributed by atoms with Gasteiger partial charge in [-0.3, -0.25) is 19.1 Å². The number of nitrogens with zero attached hydrogens (tertiary/aromatic N) is 4. The van der Waals surface area contributed by atoms with Crippen molar-refractivity contribution in [3.05, 3.63) is 100 Å². The van der Waals surface area contributed by atoms with Crippen LogP contribution in [0.2, 0.25) is 5.02 Å². The highest BCUT2D eigenvalue weighted by Gasteiger charge is 2.27. The van der Waals surface area contributed by atoms with Gasteiger partial charge in [0.2, 0.25) is 5.91 Å². The Bertz CT molecular complexity index is 1760. The summed E-state index contributed by atoms with van der Waals surface area (Å²) >= 11 is 8.30. The summed E-state index contributed by atoms with van der Waals surface area (Å²) in [6.07, 6.45) is 3.32. The number of thiophene rings is 1. The van der Waals surface area contributed by atoms with Gasteiger partial charge in [-0.05, 0) is 67.9 Å². The minimum atomic E-state index is -0.623. The first-order chi connectivity index (χ1) is 20.9. The number of rotatable bonds is 10. The number of pyridine rings is 1. The fourth-order valence-electron chi connectivity index (χ4n) is 4.14. The van der Waals surface area contributed by atoms with Crippen molar-refractivity contribution < 1.29 is 19.1 Å². The second kappa shape index (κ2) is 13.6. The van der Waals surface area contributed by atoms with Crippen molar-refractivity contribution in [2.45, 2.75) is 19.0 Å². The number of thioether (sulfide) groups is 1. The molecule has 0 aliphatic carbocycles. The highest BCUT2D eigenvalue weighted by Crippen LogP contribution is 2.35. The lowest BCUT2D eigenvalue weighted by atomic mass is 10.1. The summed E-state index contributed by atoms with van der Waals surface area (Å²) in [6, 6.07) is 19.8. The predicted molar refractivity (Wildman–Crippen MR) is 168 cm³/mol. The summed E-state index contributed by atoms with van der Waals surface area (Å²) < 4.78 is 7.06. The number of halogens is 1. The molecule has 3 heterocycles. The van der Waals surface area contributed by atoms with Gasteiger partial charge in [0.05, 0.1) is 22.8 Å². The number of benzene rings is 2. The van der Waals surface area contributed by atoms with Crippen LogP contribution in [0.1, 0.15) is 32.5 Å². The van der Waals surface area contributed by atoms with Crippen molar-refractivity contribution in [3.8, 4) is 17.1 Å². The zero-order valence-electron chi connectivity index (χ0n) is 23.0. The number of esters is 1. The molecule has 218 valence electrons. The predicted octanol–water partition coefficient (Wildman–Crippen LogP) is 6.51. The van der Waals surface area contributed by atoms with Gasteiger partial charge in [0.1, 0.15) is 5.00 Å². The Morgan fingerprint density at radius 1 is 0.977 bits per heavy atom. The van der Waals surface area contributed by atoms with Crippen LogP contribution in [0.4, 0.5) is 10.7 Å². The van der Waals surface area contributed by atoms with E-state index < -0.39 is 17.8 Å². The molecule has 0 spiro atoms. The molecular formula is C30H25ClN6O4S2. The van der Waals surface area contributed by atoms with Crippen molar-refractivity contribution in [3.63, 3.8) is 0 Å². The van der Waals surface area contributed by atoms with E-state index in [4.69, 9.17) is 16.3 Å². The normalized spacial score (nSPS) is 10.8. The number of hydrogen-bond acceptors (Lipinski definition) is 9. The van der Waals surface area contributed by atoms with Gasteiger partial charge in [-0.1, -0.05) is 41.6 Å². The Balaban J connectivity index is 1.38. The van der Waals surface area contributed by atoms with Crippen LogP contribution in [0.5, 0.6) is 0 Å². The minimum absolute atomic E-state index is 0.0488. The van der Waals surface area contributed by atoms with Crippen molar-refractivity contribution in [1.29, 1.82) is 0 Å². The van der Waals surface area contributed by atoms with E-state index in [1.807, 2.05) is 34.9 Å². The monoisotopic (exact) mass is 632 g/mol. The lowest BCUT2D eigenvalue weighted by molar-refractivity contribution is -0.113. The van der Waals surface area contributed by atoms with Gasteiger partial charge in [-0.25, -0.2) is 4.79 Å². The Labute approximate surface area is 260 Å². The van der Waals surface area contributed by atoms with Crippen molar-refractivity contribution in [2.24, 2.45) is 0 Å². The Kier molecular flexibility index (Phi) is 9.50. The lowest BCUT2D eigenvalue weighted by Crippen LogP contribution is -2.17. The summed E-state index contributed by atoms with van der Waals surface area (Å²) in [5, 5.41) is 15.6. The van der Waals surface area contributed by atoms with Gasteiger partial charge in [0.15, 0.2) is 11.0 Å². The number of para-hydroxylation sites is 1. The van der Waals surface area contributed by atoms with E-state index in [0.717, 1.165) is 22.6 Å². The molecule has 0 fully saturated rings. The summed E-state index contributed by atoms with van der Waals surface area (Å²) in [6.45, 7) is 3.49. The molecule has 0 saturated heterocycles. The Morgan fingerprint density at radius 3 is 2.40 bits per heavy atom. The largest absolute Gasteiger partial charge is 0.462 e. The van der Waals surface area contributed by atoms with Crippen LogP contribution >= 0.6 is 34.7 Å². The number of anilines is 2. The maximum absolute atomic E-state index is 13.2. The maximum atomic E-state index is 13.2. The van der Waals surface area contributed by atoms with Gasteiger partial charge in [-0.15, -0.1) is 21.5 Å². The molecule has 2 amide bonds. The third-order valence-electron chi connectivity index (χ3n) is 6.11. The molecule has 13 heteroatoms. The first-order valence-corrected chi connectivity index (χ1v) is 15.2. The second-order valence-electron chi connectivity index (χ2n) is 8.99. The van der Waals surface area contributed by atoms with E-state index in [9.17, 15) is 14.4 Å².